The van der Waals surface area contributed by atoms with Crippen LogP contribution >= 0.6 is 15.9 Å². The number of hydrogen-bond acceptors (Lipinski definition) is 2. The van der Waals surface area contributed by atoms with E-state index in [0.717, 1.165) is 22.3 Å². The Bertz CT molecular complexity index is 588. The van der Waals surface area contributed by atoms with Crippen molar-refractivity contribution in [1.29, 1.82) is 0 Å². The largest absolute Gasteiger partial charge is 0.416 e. The number of aromatic nitrogens is 2. The summed E-state index contributed by atoms with van der Waals surface area (Å²) in [7, 11) is 1.74. The van der Waals surface area contributed by atoms with E-state index in [1.54, 1.807) is 24.0 Å². The Kier molecular flexibility index (Phi) is 4.19. The van der Waals surface area contributed by atoms with Crippen molar-refractivity contribution >= 4 is 15.9 Å². The lowest BCUT2D eigenvalue weighted by atomic mass is 10.0. The molecule has 1 aromatic heterocycles. The first-order valence-corrected chi connectivity index (χ1v) is 6.67. The monoisotopic (exact) mass is 347 g/mol. The molecule has 1 heterocycles. The smallest absolute Gasteiger partial charge is 0.322 e. The molecule has 0 aliphatic heterocycles. The Morgan fingerprint density at radius 2 is 2.10 bits per heavy atom. The maximum Gasteiger partial charge on any atom is 0.416 e. The minimum atomic E-state index is -4.34. The summed E-state index contributed by atoms with van der Waals surface area (Å²) in [4.78, 5) is 0. The predicted molar refractivity (Wildman–Crippen MR) is 73.0 cm³/mol. The fraction of sp³-hybridized carbons (Fsp3) is 0.308. The molecule has 0 aliphatic rings. The average Bonchev–Trinajstić information content (AvgIpc) is 2.68. The highest BCUT2D eigenvalue weighted by atomic mass is 79.9. The van der Waals surface area contributed by atoms with Crippen LogP contribution in [0.15, 0.2) is 34.9 Å². The summed E-state index contributed by atoms with van der Waals surface area (Å²) >= 11 is 3.33. The second kappa shape index (κ2) is 5.57. The van der Waals surface area contributed by atoms with Gasteiger partial charge in [0.05, 0.1) is 28.0 Å². The molecule has 2 aromatic rings. The van der Waals surface area contributed by atoms with Gasteiger partial charge in [-0.3, -0.25) is 4.68 Å². The maximum absolute atomic E-state index is 12.7. The van der Waals surface area contributed by atoms with Crippen molar-refractivity contribution < 1.29 is 13.2 Å². The number of halogens is 4. The van der Waals surface area contributed by atoms with E-state index < -0.39 is 17.8 Å². The van der Waals surface area contributed by atoms with Gasteiger partial charge in [0, 0.05) is 7.05 Å². The number of nitrogens with two attached hydrogens (primary N) is 1. The highest BCUT2D eigenvalue weighted by molar-refractivity contribution is 9.10. The molecule has 7 heteroatoms. The number of alkyl halides is 3. The fourth-order valence-corrected chi connectivity index (χ4v) is 2.70. The Morgan fingerprint density at radius 3 is 2.65 bits per heavy atom. The van der Waals surface area contributed by atoms with E-state index >= 15 is 0 Å². The van der Waals surface area contributed by atoms with Crippen LogP contribution in [0.2, 0.25) is 0 Å². The molecule has 1 atom stereocenters. The average molecular weight is 348 g/mol. The zero-order valence-electron chi connectivity index (χ0n) is 10.7. The van der Waals surface area contributed by atoms with Gasteiger partial charge >= 0.3 is 6.18 Å². The highest BCUT2D eigenvalue weighted by Crippen LogP contribution is 2.30. The summed E-state index contributed by atoms with van der Waals surface area (Å²) in [5, 5.41) is 4.05. The van der Waals surface area contributed by atoms with Crippen LogP contribution in [0.25, 0.3) is 0 Å². The van der Waals surface area contributed by atoms with Gasteiger partial charge in [0.1, 0.15) is 0 Å². The van der Waals surface area contributed by atoms with Crippen molar-refractivity contribution in [2.45, 2.75) is 18.6 Å². The van der Waals surface area contributed by atoms with Gasteiger partial charge in [-0.25, -0.2) is 0 Å². The quantitative estimate of drug-likeness (QED) is 0.924. The van der Waals surface area contributed by atoms with Crippen LogP contribution in [0.5, 0.6) is 0 Å². The van der Waals surface area contributed by atoms with Crippen molar-refractivity contribution in [1.82, 2.24) is 9.78 Å². The first-order chi connectivity index (χ1) is 9.29. The molecule has 1 aromatic carbocycles. The number of rotatable bonds is 3. The van der Waals surface area contributed by atoms with Crippen molar-refractivity contribution in [3.63, 3.8) is 0 Å². The SMILES string of the molecule is Cn1ncc(Br)c1C(N)Cc1cccc(C(F)(F)F)c1. The molecule has 0 fully saturated rings. The zero-order chi connectivity index (χ0) is 14.9. The molecule has 0 saturated heterocycles. The molecule has 20 heavy (non-hydrogen) atoms. The van der Waals surface area contributed by atoms with Crippen molar-refractivity contribution in [2.75, 3.05) is 0 Å². The molecule has 108 valence electrons. The van der Waals surface area contributed by atoms with Gasteiger partial charge in [-0.2, -0.15) is 18.3 Å². The van der Waals surface area contributed by atoms with Gasteiger partial charge in [-0.1, -0.05) is 18.2 Å². The van der Waals surface area contributed by atoms with Gasteiger partial charge in [0.25, 0.3) is 0 Å². The molecule has 2 N–H and O–H groups in total. The normalized spacial score (nSPS) is 13.5. The Morgan fingerprint density at radius 1 is 1.40 bits per heavy atom. The van der Waals surface area contributed by atoms with Gasteiger partial charge < -0.3 is 5.73 Å². The molecule has 0 radical (unpaired) electrons. The molecule has 0 saturated carbocycles. The summed E-state index contributed by atoms with van der Waals surface area (Å²) < 4.78 is 40.3. The van der Waals surface area contributed by atoms with E-state index in [1.165, 1.54) is 6.07 Å². The highest BCUT2D eigenvalue weighted by Gasteiger charge is 2.30. The molecule has 0 aliphatic carbocycles. The van der Waals surface area contributed by atoms with Crippen LogP contribution in [0, 0.1) is 0 Å². The topological polar surface area (TPSA) is 43.8 Å². The van der Waals surface area contributed by atoms with Gasteiger partial charge in [0.15, 0.2) is 0 Å². The Hall–Kier alpha value is -1.34. The Labute approximate surface area is 122 Å². The van der Waals surface area contributed by atoms with Gasteiger partial charge in [-0.05, 0) is 34.0 Å². The molecule has 3 nitrogen and oxygen atoms in total. The Balaban J connectivity index is 2.22. The van der Waals surface area contributed by atoms with E-state index in [1.807, 2.05) is 0 Å². The third-order valence-electron chi connectivity index (χ3n) is 3.00. The molecule has 1 unspecified atom stereocenters. The molecule has 2 rings (SSSR count). The van der Waals surface area contributed by atoms with Crippen molar-refractivity contribution in [2.24, 2.45) is 12.8 Å². The van der Waals surface area contributed by atoms with Crippen LogP contribution in [0.1, 0.15) is 22.9 Å². The fourth-order valence-electron chi connectivity index (χ4n) is 2.06. The van der Waals surface area contributed by atoms with Crippen molar-refractivity contribution in [3.8, 4) is 0 Å². The number of nitrogens with zero attached hydrogens (tertiary/aromatic N) is 2. The minimum absolute atomic E-state index is 0.308. The predicted octanol–water partition coefficient (Wildman–Crippen LogP) is 3.44. The number of benzene rings is 1. The van der Waals surface area contributed by atoms with E-state index in [-0.39, 0.29) is 0 Å². The third-order valence-corrected chi connectivity index (χ3v) is 3.61. The number of hydrogen-bond donors (Lipinski definition) is 1. The summed E-state index contributed by atoms with van der Waals surface area (Å²) in [6.45, 7) is 0. The second-order valence-corrected chi connectivity index (χ2v) is 5.36. The summed E-state index contributed by atoms with van der Waals surface area (Å²) in [6.07, 6.45) is -2.42. The van der Waals surface area contributed by atoms with E-state index in [4.69, 9.17) is 5.73 Å². The standard InChI is InChI=1S/C13H13BrF3N3/c1-20-12(10(14)7-19-20)11(18)6-8-3-2-4-9(5-8)13(15,16)17/h2-5,7,11H,6,18H2,1H3. The molecular formula is C13H13BrF3N3. The lowest BCUT2D eigenvalue weighted by Crippen LogP contribution is -2.18. The van der Waals surface area contributed by atoms with E-state index in [2.05, 4.69) is 21.0 Å². The molecule has 0 bridgehead atoms. The van der Waals surface area contributed by atoms with Crippen LogP contribution in [-0.4, -0.2) is 9.78 Å². The van der Waals surface area contributed by atoms with E-state index in [0.29, 0.717) is 12.0 Å². The maximum atomic E-state index is 12.7. The minimum Gasteiger partial charge on any atom is -0.322 e. The van der Waals surface area contributed by atoms with Crippen molar-refractivity contribution in [3.05, 3.63) is 51.8 Å². The first-order valence-electron chi connectivity index (χ1n) is 5.88. The molecule has 0 spiro atoms. The zero-order valence-corrected chi connectivity index (χ0v) is 12.2. The molecule has 0 amide bonds. The van der Waals surface area contributed by atoms with E-state index in [9.17, 15) is 13.2 Å². The summed E-state index contributed by atoms with van der Waals surface area (Å²) in [5.74, 6) is 0. The molecular weight excluding hydrogens is 335 g/mol. The lowest BCUT2D eigenvalue weighted by Gasteiger charge is -2.14. The third kappa shape index (κ3) is 3.21. The van der Waals surface area contributed by atoms with Crippen LogP contribution in [0.3, 0.4) is 0 Å². The van der Waals surface area contributed by atoms with Gasteiger partial charge in [0.2, 0.25) is 0 Å². The lowest BCUT2D eigenvalue weighted by molar-refractivity contribution is -0.137. The van der Waals surface area contributed by atoms with Gasteiger partial charge in [-0.15, -0.1) is 0 Å². The first kappa shape index (κ1) is 15.1. The van der Waals surface area contributed by atoms with Crippen LogP contribution in [0.4, 0.5) is 13.2 Å². The van der Waals surface area contributed by atoms with Crippen LogP contribution < -0.4 is 5.73 Å². The summed E-state index contributed by atoms with van der Waals surface area (Å²) in [5.41, 5.74) is 6.69. The second-order valence-electron chi connectivity index (χ2n) is 4.51. The summed E-state index contributed by atoms with van der Waals surface area (Å²) in [6, 6.07) is 4.78. The number of aryl methyl sites for hydroxylation is 1. The van der Waals surface area contributed by atoms with Crippen LogP contribution in [-0.2, 0) is 19.6 Å².